The van der Waals surface area contributed by atoms with Crippen LogP contribution in [0.4, 0.5) is 19.4 Å². The number of pyridine rings is 1. The number of carboxylic acid groups (broad SMARTS) is 1. The smallest absolute Gasteiger partial charge is 0.134 e. The monoisotopic (exact) mass is 538 g/mol. The predicted molar refractivity (Wildman–Crippen MR) is 130 cm³/mol. The Balaban J connectivity index is 1.69. The Morgan fingerprint density at radius 3 is 2.71 bits per heavy atom. The fourth-order valence-electron chi connectivity index (χ4n) is 3.72. The van der Waals surface area contributed by atoms with Crippen LogP contribution in [0.1, 0.15) is 16.4 Å². The molecule has 0 spiro atoms. The molecule has 2 heterocycles. The first-order chi connectivity index (χ1) is 16.8. The molecule has 1 saturated heterocycles. The van der Waals surface area contributed by atoms with E-state index >= 15 is 0 Å². The molecule has 2 atom stereocenters. The molecule has 6 nitrogen and oxygen atoms in total. The highest BCUT2D eigenvalue weighted by Gasteiger charge is 2.26. The number of carbonyl (C=O) groups is 1. The molecular weight excluding hydrogens is 519 g/mol. The number of ether oxygens (including phenoxy) is 1. The molecule has 35 heavy (non-hydrogen) atoms. The van der Waals surface area contributed by atoms with Crippen molar-refractivity contribution >= 4 is 46.9 Å². The van der Waals surface area contributed by atoms with Crippen LogP contribution in [0.2, 0.25) is 10.0 Å². The Hall–Kier alpha value is -2.59. The van der Waals surface area contributed by atoms with Gasteiger partial charge in [0.05, 0.1) is 23.0 Å². The zero-order valence-corrected chi connectivity index (χ0v) is 20.5. The Bertz CT molecular complexity index is 1200. The van der Waals surface area contributed by atoms with Crippen LogP contribution in [0, 0.1) is 11.6 Å². The number of rotatable bonds is 7. The Morgan fingerprint density at radius 1 is 1.20 bits per heavy atom. The second-order valence-electron chi connectivity index (χ2n) is 7.79. The Morgan fingerprint density at radius 2 is 1.97 bits per heavy atom. The van der Waals surface area contributed by atoms with Gasteiger partial charge in [0, 0.05) is 41.3 Å². The number of anilines is 1. The average molecular weight is 539 g/mol. The van der Waals surface area contributed by atoms with Crippen molar-refractivity contribution in [2.75, 3.05) is 31.1 Å². The maximum absolute atomic E-state index is 14.9. The molecule has 0 aliphatic carbocycles. The Kier molecular flexibility index (Phi) is 8.33. The minimum atomic E-state index is -1.38. The molecule has 0 saturated carbocycles. The highest BCUT2D eigenvalue weighted by atomic mass is 35.5. The van der Waals surface area contributed by atoms with Gasteiger partial charge in [0.25, 0.3) is 0 Å². The first kappa shape index (κ1) is 25.5. The van der Waals surface area contributed by atoms with Crippen LogP contribution in [-0.2, 0) is 4.74 Å². The standard InChI is InChI=1S/C24H21Cl2F2N3O3S/c25-14-1-4-17(5-2-14)35-23(19-9-15(27)3-6-21(19)28)18-10-22(29-12-20(18)26)31-7-8-34-16(13-31)11-30-24(32)33/h1-6,9-10,12,16,23,30H,7-8,11,13H2,(H,32,33)/p-1. The van der Waals surface area contributed by atoms with Crippen LogP contribution >= 0.6 is 35.0 Å². The lowest BCUT2D eigenvalue weighted by Crippen LogP contribution is -2.49. The van der Waals surface area contributed by atoms with Gasteiger partial charge in [-0.3, -0.25) is 0 Å². The third-order valence-electron chi connectivity index (χ3n) is 5.40. The number of nitrogens with zero attached hydrogens (tertiary/aromatic N) is 2. The molecule has 0 bridgehead atoms. The summed E-state index contributed by atoms with van der Waals surface area (Å²) < 4.78 is 34.7. The van der Waals surface area contributed by atoms with Gasteiger partial charge in [-0.25, -0.2) is 13.8 Å². The Labute approximate surface area is 215 Å². The van der Waals surface area contributed by atoms with E-state index in [1.54, 1.807) is 30.3 Å². The summed E-state index contributed by atoms with van der Waals surface area (Å²) in [4.78, 5) is 17.9. The van der Waals surface area contributed by atoms with Crippen molar-refractivity contribution in [2.45, 2.75) is 16.2 Å². The second-order valence-corrected chi connectivity index (χ2v) is 9.81. The molecule has 1 N–H and O–H groups in total. The maximum atomic E-state index is 14.9. The number of hydrogen-bond acceptors (Lipinski definition) is 6. The van der Waals surface area contributed by atoms with E-state index in [0.29, 0.717) is 41.1 Å². The van der Waals surface area contributed by atoms with Gasteiger partial charge in [-0.15, -0.1) is 11.8 Å². The van der Waals surface area contributed by atoms with Crippen LogP contribution in [0.25, 0.3) is 0 Å². The third-order valence-corrected chi connectivity index (χ3v) is 7.25. The predicted octanol–water partition coefficient (Wildman–Crippen LogP) is 4.69. The van der Waals surface area contributed by atoms with Crippen LogP contribution < -0.4 is 15.3 Å². The number of morpholine rings is 1. The second kappa shape index (κ2) is 11.4. The fourth-order valence-corrected chi connectivity index (χ4v) is 5.32. The maximum Gasteiger partial charge on any atom is 0.134 e. The molecule has 1 amide bonds. The number of benzene rings is 2. The summed E-state index contributed by atoms with van der Waals surface area (Å²) in [6, 6.07) is 12.1. The van der Waals surface area contributed by atoms with E-state index in [1.807, 2.05) is 4.90 Å². The fraction of sp³-hybridized carbons (Fsp3) is 0.250. The first-order valence-electron chi connectivity index (χ1n) is 10.6. The quantitative estimate of drug-likeness (QED) is 0.440. The summed E-state index contributed by atoms with van der Waals surface area (Å²) in [6.45, 7) is 1.32. The molecular formula is C24H20Cl2F2N3O3S-. The van der Waals surface area contributed by atoms with Crippen LogP contribution in [-0.4, -0.2) is 43.4 Å². The number of carbonyl (C=O) groups excluding carboxylic acids is 1. The van der Waals surface area contributed by atoms with E-state index in [2.05, 4.69) is 10.3 Å². The van der Waals surface area contributed by atoms with Crippen molar-refractivity contribution in [1.29, 1.82) is 0 Å². The molecule has 11 heteroatoms. The zero-order valence-electron chi connectivity index (χ0n) is 18.2. The number of amides is 1. The van der Waals surface area contributed by atoms with Gasteiger partial charge in [0.1, 0.15) is 23.5 Å². The van der Waals surface area contributed by atoms with Gasteiger partial charge in [-0.2, -0.15) is 0 Å². The van der Waals surface area contributed by atoms with Crippen molar-refractivity contribution in [3.63, 3.8) is 0 Å². The van der Waals surface area contributed by atoms with Crippen molar-refractivity contribution in [1.82, 2.24) is 10.3 Å². The molecule has 4 rings (SSSR count). The summed E-state index contributed by atoms with van der Waals surface area (Å²) in [6.07, 6.45) is -0.303. The van der Waals surface area contributed by atoms with Crippen molar-refractivity contribution < 1.29 is 23.4 Å². The summed E-state index contributed by atoms with van der Waals surface area (Å²) in [7, 11) is 0. The largest absolute Gasteiger partial charge is 0.530 e. The summed E-state index contributed by atoms with van der Waals surface area (Å²) in [5.41, 5.74) is 0.694. The molecule has 0 radical (unpaired) electrons. The van der Waals surface area contributed by atoms with E-state index in [9.17, 15) is 18.7 Å². The van der Waals surface area contributed by atoms with Crippen LogP contribution in [0.3, 0.4) is 0 Å². The first-order valence-corrected chi connectivity index (χ1v) is 12.3. The lowest BCUT2D eigenvalue weighted by atomic mass is 10.0. The zero-order chi connectivity index (χ0) is 24.9. The molecule has 1 aliphatic rings. The lowest BCUT2D eigenvalue weighted by molar-refractivity contribution is -0.251. The van der Waals surface area contributed by atoms with E-state index < -0.39 is 29.1 Å². The van der Waals surface area contributed by atoms with E-state index in [0.717, 1.165) is 23.1 Å². The highest BCUT2D eigenvalue weighted by Crippen LogP contribution is 2.45. The lowest BCUT2D eigenvalue weighted by Gasteiger charge is -2.34. The number of hydrogen-bond donors (Lipinski definition) is 1. The number of nitrogens with one attached hydrogen (secondary N) is 1. The average Bonchev–Trinajstić information content (AvgIpc) is 2.85. The normalized spacial score (nSPS) is 16.7. The van der Waals surface area contributed by atoms with Crippen LogP contribution in [0.15, 0.2) is 59.6 Å². The van der Waals surface area contributed by atoms with Gasteiger partial charge in [-0.05, 0) is 54.1 Å². The molecule has 2 unspecified atom stereocenters. The van der Waals surface area contributed by atoms with Gasteiger partial charge in [0.15, 0.2) is 0 Å². The summed E-state index contributed by atoms with van der Waals surface area (Å²) in [5, 5.41) is 13.1. The molecule has 184 valence electrons. The van der Waals surface area contributed by atoms with Gasteiger partial charge >= 0.3 is 0 Å². The SMILES string of the molecule is O=C([O-])NCC1CN(c2cc(C(Sc3ccc(Cl)cc3)c3cc(F)ccc3F)c(Cl)cn2)CCO1. The third kappa shape index (κ3) is 6.55. The molecule has 1 aliphatic heterocycles. The molecule has 1 aromatic heterocycles. The van der Waals surface area contributed by atoms with Crippen molar-refractivity contribution in [3.8, 4) is 0 Å². The number of thioether (sulfide) groups is 1. The van der Waals surface area contributed by atoms with Gasteiger partial charge < -0.3 is 24.9 Å². The molecule has 2 aromatic carbocycles. The summed E-state index contributed by atoms with van der Waals surface area (Å²) in [5.74, 6) is -0.568. The van der Waals surface area contributed by atoms with Gasteiger partial charge in [-0.1, -0.05) is 23.2 Å². The van der Waals surface area contributed by atoms with Crippen LogP contribution in [0.5, 0.6) is 0 Å². The number of halogens is 4. The molecule has 3 aromatic rings. The van der Waals surface area contributed by atoms with E-state index in [-0.39, 0.29) is 12.1 Å². The summed E-state index contributed by atoms with van der Waals surface area (Å²) >= 11 is 13.9. The minimum Gasteiger partial charge on any atom is -0.530 e. The number of aromatic nitrogens is 1. The molecule has 1 fully saturated rings. The van der Waals surface area contributed by atoms with E-state index in [4.69, 9.17) is 27.9 Å². The minimum absolute atomic E-state index is 0.0722. The topological polar surface area (TPSA) is 77.5 Å². The highest BCUT2D eigenvalue weighted by molar-refractivity contribution is 7.99. The van der Waals surface area contributed by atoms with Gasteiger partial charge in [0.2, 0.25) is 0 Å². The van der Waals surface area contributed by atoms with Crippen molar-refractivity contribution in [2.24, 2.45) is 0 Å². The van der Waals surface area contributed by atoms with Crippen molar-refractivity contribution in [3.05, 3.63) is 87.5 Å². The van der Waals surface area contributed by atoms with E-state index in [1.165, 1.54) is 18.0 Å².